The molecule has 9 nitrogen and oxygen atoms in total. The zero-order chi connectivity index (χ0) is 20.7. The summed E-state index contributed by atoms with van der Waals surface area (Å²) in [5, 5.41) is 22.0. The Balaban J connectivity index is 1.74. The van der Waals surface area contributed by atoms with Gasteiger partial charge in [0.25, 0.3) is 5.56 Å². The smallest absolute Gasteiger partial charge is 0.288 e. The molecule has 4 aromatic rings. The summed E-state index contributed by atoms with van der Waals surface area (Å²) in [5.74, 6) is 1.16. The first-order valence-electron chi connectivity index (χ1n) is 9.32. The fourth-order valence-corrected chi connectivity index (χ4v) is 3.85. The average molecular weight is 466 g/mol. The van der Waals surface area contributed by atoms with Crippen LogP contribution < -0.4 is 15.6 Å². The quantitative estimate of drug-likeness (QED) is 0.418. The van der Waals surface area contributed by atoms with Crippen LogP contribution in [0.1, 0.15) is 24.1 Å². The molecule has 1 aliphatic heterocycles. The molecule has 0 saturated heterocycles. The Morgan fingerprint density at radius 3 is 2.63 bits per heavy atom. The Kier molecular flexibility index (Phi) is 4.55. The number of halogens is 1. The highest BCUT2D eigenvalue weighted by atomic mass is 79.9. The van der Waals surface area contributed by atoms with Crippen LogP contribution in [0.2, 0.25) is 0 Å². The number of hydrogen-bond acceptors (Lipinski definition) is 7. The van der Waals surface area contributed by atoms with Crippen LogP contribution in [0.25, 0.3) is 11.3 Å². The van der Waals surface area contributed by atoms with Gasteiger partial charge in [-0.25, -0.2) is 5.10 Å². The number of tetrazole rings is 1. The predicted molar refractivity (Wildman–Crippen MR) is 114 cm³/mol. The lowest BCUT2D eigenvalue weighted by molar-refractivity contribution is 0.340. The molecule has 2 aromatic heterocycles. The highest BCUT2D eigenvalue weighted by Gasteiger charge is 2.34. The molecule has 0 radical (unpaired) electrons. The first-order chi connectivity index (χ1) is 14.7. The van der Waals surface area contributed by atoms with Crippen molar-refractivity contribution in [1.82, 2.24) is 30.4 Å². The van der Waals surface area contributed by atoms with E-state index >= 15 is 0 Å². The van der Waals surface area contributed by atoms with Crippen molar-refractivity contribution in [3.8, 4) is 17.0 Å². The predicted octanol–water partition coefficient (Wildman–Crippen LogP) is 3.28. The van der Waals surface area contributed by atoms with Crippen LogP contribution in [-0.4, -0.2) is 37.0 Å². The van der Waals surface area contributed by atoms with Gasteiger partial charge in [-0.1, -0.05) is 45.3 Å². The van der Waals surface area contributed by atoms with Crippen LogP contribution in [-0.2, 0) is 0 Å². The van der Waals surface area contributed by atoms with Crippen molar-refractivity contribution in [2.45, 2.75) is 13.0 Å². The highest BCUT2D eigenvalue weighted by molar-refractivity contribution is 9.10. The van der Waals surface area contributed by atoms with E-state index in [4.69, 9.17) is 4.74 Å². The number of rotatable bonds is 4. The van der Waals surface area contributed by atoms with Gasteiger partial charge in [-0.2, -0.15) is 9.78 Å². The average Bonchev–Trinajstić information content (AvgIpc) is 3.23. The summed E-state index contributed by atoms with van der Waals surface area (Å²) in [5.41, 5.74) is 3.15. The largest absolute Gasteiger partial charge is 0.494 e. The summed E-state index contributed by atoms with van der Waals surface area (Å²) in [6, 6.07) is 15.0. The molecule has 1 atom stereocenters. The second kappa shape index (κ2) is 7.38. The Morgan fingerprint density at radius 1 is 1.13 bits per heavy atom. The second-order valence-electron chi connectivity index (χ2n) is 6.67. The van der Waals surface area contributed by atoms with Gasteiger partial charge in [0.15, 0.2) is 0 Å². The fraction of sp³-hybridized carbons (Fsp3) is 0.150. The van der Waals surface area contributed by atoms with Crippen LogP contribution in [0.5, 0.6) is 5.75 Å². The number of fused-ring (bicyclic) bond motifs is 2. The number of ether oxygens (including phenoxy) is 1. The zero-order valence-electron chi connectivity index (χ0n) is 15.8. The Hall–Kier alpha value is -3.53. The molecule has 150 valence electrons. The van der Waals surface area contributed by atoms with Gasteiger partial charge in [0.05, 0.1) is 12.3 Å². The number of H-pyrrole nitrogens is 1. The minimum atomic E-state index is -0.435. The first kappa shape index (κ1) is 18.5. The third-order valence-corrected chi connectivity index (χ3v) is 5.42. The van der Waals surface area contributed by atoms with E-state index in [2.05, 4.69) is 47.0 Å². The van der Waals surface area contributed by atoms with Crippen LogP contribution in [0.4, 0.5) is 11.6 Å². The number of aromatic amines is 1. The molecule has 1 aliphatic rings. The summed E-state index contributed by atoms with van der Waals surface area (Å²) in [7, 11) is 0. The zero-order valence-corrected chi connectivity index (χ0v) is 17.4. The number of aromatic nitrogens is 6. The normalized spacial score (nSPS) is 14.5. The van der Waals surface area contributed by atoms with E-state index in [1.807, 2.05) is 55.5 Å². The number of anilines is 2. The number of nitrogens with one attached hydrogen (secondary N) is 2. The van der Waals surface area contributed by atoms with Crippen molar-refractivity contribution in [2.24, 2.45) is 0 Å². The number of benzene rings is 2. The monoisotopic (exact) mass is 465 g/mol. The number of hydrogen-bond donors (Lipinski definition) is 2. The Labute approximate surface area is 179 Å². The van der Waals surface area contributed by atoms with E-state index in [1.54, 1.807) is 4.68 Å². The lowest BCUT2D eigenvalue weighted by Crippen LogP contribution is -2.29. The molecule has 0 fully saturated rings. The molecular formula is C20H16BrN7O2. The molecule has 3 heterocycles. The van der Waals surface area contributed by atoms with E-state index in [1.165, 1.54) is 0 Å². The van der Waals surface area contributed by atoms with Crippen molar-refractivity contribution < 1.29 is 4.74 Å². The van der Waals surface area contributed by atoms with E-state index in [9.17, 15) is 4.79 Å². The lowest BCUT2D eigenvalue weighted by Gasteiger charge is -2.27. The molecule has 0 unspecified atom stereocenters. The minimum Gasteiger partial charge on any atom is -0.494 e. The minimum absolute atomic E-state index is 0.337. The molecule has 0 spiro atoms. The standard InChI is InChI=1S/C20H16BrN7O2/c1-2-30-14-9-5-12(6-10-14)18-15-16(11-3-7-13(21)8-4-11)23-24-19(29)17(15)22-20-25-26-27-28(18)20/h3-10,18H,2H2,1H3,(H,24,29)(H,22,25,27)/t18-/m1/s1. The Bertz CT molecular complexity index is 1270. The van der Waals surface area contributed by atoms with Crippen molar-refractivity contribution in [2.75, 3.05) is 11.9 Å². The van der Waals surface area contributed by atoms with Crippen LogP contribution in [0.15, 0.2) is 57.8 Å². The maximum atomic E-state index is 12.7. The molecule has 2 N–H and O–H groups in total. The topological polar surface area (TPSA) is 111 Å². The van der Waals surface area contributed by atoms with E-state index in [-0.39, 0.29) is 5.56 Å². The lowest BCUT2D eigenvalue weighted by atomic mass is 9.92. The Morgan fingerprint density at radius 2 is 1.90 bits per heavy atom. The molecule has 5 rings (SSSR count). The third kappa shape index (κ3) is 3.05. The van der Waals surface area contributed by atoms with Crippen molar-refractivity contribution in [1.29, 1.82) is 0 Å². The van der Waals surface area contributed by atoms with Gasteiger partial charge in [0.1, 0.15) is 17.5 Å². The van der Waals surface area contributed by atoms with Gasteiger partial charge in [-0.05, 0) is 47.2 Å². The second-order valence-corrected chi connectivity index (χ2v) is 7.59. The molecule has 0 aliphatic carbocycles. The summed E-state index contributed by atoms with van der Waals surface area (Å²) >= 11 is 3.46. The van der Waals surface area contributed by atoms with Crippen LogP contribution >= 0.6 is 15.9 Å². The van der Waals surface area contributed by atoms with Gasteiger partial charge in [0.2, 0.25) is 5.95 Å². The molecule has 10 heteroatoms. The maximum Gasteiger partial charge on any atom is 0.288 e. The SMILES string of the molecule is CCOc1ccc([C@@H]2c3c(-c4ccc(Br)cc4)n[nH]c(=O)c3Nc3nnnn32)cc1. The highest BCUT2D eigenvalue weighted by Crippen LogP contribution is 2.41. The van der Waals surface area contributed by atoms with Crippen molar-refractivity contribution in [3.05, 3.63) is 74.5 Å². The van der Waals surface area contributed by atoms with E-state index in [0.29, 0.717) is 29.5 Å². The molecule has 0 amide bonds. The van der Waals surface area contributed by atoms with Gasteiger partial charge >= 0.3 is 0 Å². The number of nitrogens with zero attached hydrogens (tertiary/aromatic N) is 5. The summed E-state index contributed by atoms with van der Waals surface area (Å²) in [6.45, 7) is 2.52. The summed E-state index contributed by atoms with van der Waals surface area (Å²) in [4.78, 5) is 12.7. The van der Waals surface area contributed by atoms with Crippen molar-refractivity contribution >= 4 is 27.6 Å². The van der Waals surface area contributed by atoms with Gasteiger partial charge in [-0.15, -0.1) is 0 Å². The third-order valence-electron chi connectivity index (χ3n) is 4.89. The summed E-state index contributed by atoms with van der Waals surface area (Å²) in [6.07, 6.45) is 0. The first-order valence-corrected chi connectivity index (χ1v) is 10.1. The summed E-state index contributed by atoms with van der Waals surface area (Å²) < 4.78 is 8.17. The maximum absolute atomic E-state index is 12.7. The molecular weight excluding hydrogens is 450 g/mol. The van der Waals surface area contributed by atoms with Crippen LogP contribution in [0, 0.1) is 0 Å². The molecule has 30 heavy (non-hydrogen) atoms. The van der Waals surface area contributed by atoms with Gasteiger partial charge in [-0.3, -0.25) is 4.79 Å². The fourth-order valence-electron chi connectivity index (χ4n) is 3.59. The van der Waals surface area contributed by atoms with Gasteiger partial charge in [0, 0.05) is 15.6 Å². The molecule has 0 bridgehead atoms. The molecule has 2 aromatic carbocycles. The van der Waals surface area contributed by atoms with Crippen molar-refractivity contribution in [3.63, 3.8) is 0 Å². The molecule has 0 saturated carbocycles. The van der Waals surface area contributed by atoms with Gasteiger partial charge < -0.3 is 10.1 Å². The van der Waals surface area contributed by atoms with E-state index < -0.39 is 6.04 Å². The van der Waals surface area contributed by atoms with Crippen LogP contribution in [0.3, 0.4) is 0 Å². The van der Waals surface area contributed by atoms with E-state index in [0.717, 1.165) is 21.3 Å².